The zero-order valence-electron chi connectivity index (χ0n) is 18.0. The van der Waals surface area contributed by atoms with Gasteiger partial charge in [0, 0.05) is 41.9 Å². The third-order valence-corrected chi connectivity index (χ3v) is 9.97. The van der Waals surface area contributed by atoms with Crippen LogP contribution < -0.4 is 0 Å². The third-order valence-electron chi connectivity index (χ3n) is 9.97. The van der Waals surface area contributed by atoms with E-state index in [1.807, 2.05) is 0 Å². The van der Waals surface area contributed by atoms with Crippen LogP contribution in [0.2, 0.25) is 0 Å². The molecule has 1 aliphatic heterocycles. The Morgan fingerprint density at radius 2 is 2.00 bits per heavy atom. The summed E-state index contributed by atoms with van der Waals surface area (Å²) in [6, 6.07) is 0. The van der Waals surface area contributed by atoms with E-state index in [1.54, 1.807) is 0 Å². The molecule has 8 atom stereocenters. The number of carbonyl (C=O) groups excluding carboxylic acids is 3. The van der Waals surface area contributed by atoms with Crippen molar-refractivity contribution in [2.24, 2.45) is 40.4 Å². The maximum atomic E-state index is 13.0. The van der Waals surface area contributed by atoms with Gasteiger partial charge in [-0.05, 0) is 37.5 Å². The van der Waals surface area contributed by atoms with Gasteiger partial charge < -0.3 is 9.47 Å². The minimum atomic E-state index is -0.366. The maximum Gasteiger partial charge on any atom is 0.313 e. The number of fused-ring (bicyclic) bond motifs is 9. The van der Waals surface area contributed by atoms with Crippen molar-refractivity contribution in [3.05, 3.63) is 23.3 Å². The molecule has 6 rings (SSSR count). The molecule has 1 saturated heterocycles. The van der Waals surface area contributed by atoms with E-state index in [0.717, 1.165) is 31.3 Å². The van der Waals surface area contributed by atoms with Gasteiger partial charge in [0.1, 0.15) is 11.4 Å². The van der Waals surface area contributed by atoms with E-state index in [0.29, 0.717) is 37.0 Å². The second-order valence-corrected chi connectivity index (χ2v) is 11.0. The number of hydrogen-bond acceptors (Lipinski definition) is 5. The molecule has 4 fully saturated rings. The fraction of sp³-hybridized carbons (Fsp3) is 0.720. The minimum absolute atomic E-state index is 0.0644. The molecule has 0 amide bonds. The van der Waals surface area contributed by atoms with Crippen molar-refractivity contribution < 1.29 is 23.9 Å². The molecule has 5 nitrogen and oxygen atoms in total. The number of methoxy groups -OCH3 is 1. The summed E-state index contributed by atoms with van der Waals surface area (Å²) >= 11 is 0. The van der Waals surface area contributed by atoms with Crippen molar-refractivity contribution in [2.45, 2.75) is 64.4 Å². The number of Topliss-reactive ketones (excluding diaryl/α,β-unsaturated/α-hetero) is 1. The highest BCUT2D eigenvalue weighted by molar-refractivity contribution is 5.85. The van der Waals surface area contributed by atoms with E-state index < -0.39 is 0 Å². The molecular weight excluding hydrogens is 380 g/mol. The summed E-state index contributed by atoms with van der Waals surface area (Å²) in [4.78, 5) is 37.4. The van der Waals surface area contributed by atoms with Crippen LogP contribution in [0, 0.1) is 40.4 Å². The summed E-state index contributed by atoms with van der Waals surface area (Å²) in [5.41, 5.74) is 1.80. The van der Waals surface area contributed by atoms with Crippen LogP contribution in [-0.2, 0) is 23.9 Å². The molecule has 160 valence electrons. The van der Waals surface area contributed by atoms with Gasteiger partial charge in [0.2, 0.25) is 0 Å². The first-order chi connectivity index (χ1) is 14.2. The molecule has 0 aromatic heterocycles. The Kier molecular flexibility index (Phi) is 3.55. The predicted octanol–water partition coefficient (Wildman–Crippen LogP) is 3.77. The van der Waals surface area contributed by atoms with Gasteiger partial charge >= 0.3 is 11.9 Å². The SMILES string of the molecule is COC(=O)C1C=C2CC(=O)CC[C@]2(C)C2=CC[C@@]3(C)C(C21)[C@@H]1C[C@@H]1[C@@]31CCC(=O)O1. The maximum absolute atomic E-state index is 13.0. The number of ether oxygens (including phenoxy) is 2. The number of rotatable bonds is 1. The Morgan fingerprint density at radius 1 is 1.20 bits per heavy atom. The van der Waals surface area contributed by atoms with Crippen molar-refractivity contribution in [2.75, 3.05) is 7.11 Å². The summed E-state index contributed by atoms with van der Waals surface area (Å²) in [5, 5.41) is 0. The molecule has 5 heteroatoms. The number of esters is 2. The molecule has 0 aromatic rings. The van der Waals surface area contributed by atoms with E-state index >= 15 is 0 Å². The molecule has 3 saturated carbocycles. The van der Waals surface area contributed by atoms with Gasteiger partial charge in [-0.15, -0.1) is 0 Å². The first kappa shape index (κ1) is 18.8. The quantitative estimate of drug-likeness (QED) is 0.486. The molecule has 0 N–H and O–H groups in total. The standard InChI is InChI=1S/C25H30O5/c1-23-7-4-14(26)10-13(23)11-16(22(28)29-3)20-17(23)5-8-24(2)21(20)15-12-18(15)25(24)9-6-19(27)30-25/h5,11,15-16,18,20-21H,4,6-10,12H2,1-3H3/t15-,16?,18+,20?,21?,23+,24+,25+/m1/s1. The topological polar surface area (TPSA) is 69.7 Å². The van der Waals surface area contributed by atoms with Crippen LogP contribution in [-0.4, -0.2) is 30.4 Å². The van der Waals surface area contributed by atoms with Crippen LogP contribution in [0.3, 0.4) is 0 Å². The zero-order valence-corrected chi connectivity index (χ0v) is 18.0. The van der Waals surface area contributed by atoms with Crippen molar-refractivity contribution in [1.82, 2.24) is 0 Å². The second-order valence-electron chi connectivity index (χ2n) is 11.0. The Balaban J connectivity index is 1.51. The summed E-state index contributed by atoms with van der Waals surface area (Å²) in [5.74, 6) is 0.961. The Hall–Kier alpha value is -1.91. The summed E-state index contributed by atoms with van der Waals surface area (Å²) < 4.78 is 11.4. The smallest absolute Gasteiger partial charge is 0.313 e. The van der Waals surface area contributed by atoms with Gasteiger partial charge in [-0.2, -0.15) is 0 Å². The van der Waals surface area contributed by atoms with Gasteiger partial charge in [-0.3, -0.25) is 14.4 Å². The monoisotopic (exact) mass is 410 g/mol. The van der Waals surface area contributed by atoms with Gasteiger partial charge in [0.05, 0.1) is 13.0 Å². The molecule has 0 bridgehead atoms. The van der Waals surface area contributed by atoms with Crippen molar-refractivity contribution in [1.29, 1.82) is 0 Å². The molecule has 5 aliphatic carbocycles. The molecule has 3 unspecified atom stereocenters. The Bertz CT molecular complexity index is 945. The largest absolute Gasteiger partial charge is 0.469 e. The summed E-state index contributed by atoms with van der Waals surface area (Å²) in [7, 11) is 1.46. The predicted molar refractivity (Wildman–Crippen MR) is 108 cm³/mol. The molecule has 0 aromatic carbocycles. The average Bonchev–Trinajstić information content (AvgIpc) is 3.36. The average molecular weight is 411 g/mol. The Morgan fingerprint density at radius 3 is 2.70 bits per heavy atom. The van der Waals surface area contributed by atoms with Crippen LogP contribution in [0.5, 0.6) is 0 Å². The highest BCUT2D eigenvalue weighted by atomic mass is 16.6. The van der Waals surface area contributed by atoms with Crippen LogP contribution >= 0.6 is 0 Å². The highest BCUT2D eigenvalue weighted by Crippen LogP contribution is 2.78. The lowest BCUT2D eigenvalue weighted by atomic mass is 9.48. The molecular formula is C25H30O5. The van der Waals surface area contributed by atoms with Crippen LogP contribution in [0.1, 0.15) is 58.8 Å². The Labute approximate surface area is 177 Å². The molecule has 30 heavy (non-hydrogen) atoms. The van der Waals surface area contributed by atoms with Crippen LogP contribution in [0.25, 0.3) is 0 Å². The molecule has 0 radical (unpaired) electrons. The zero-order chi connectivity index (χ0) is 21.1. The highest BCUT2D eigenvalue weighted by Gasteiger charge is 2.79. The fourth-order valence-corrected chi connectivity index (χ4v) is 8.50. The van der Waals surface area contributed by atoms with E-state index in [2.05, 4.69) is 26.0 Å². The van der Waals surface area contributed by atoms with Crippen molar-refractivity contribution >= 4 is 17.7 Å². The van der Waals surface area contributed by atoms with Gasteiger partial charge in [0.25, 0.3) is 0 Å². The van der Waals surface area contributed by atoms with E-state index in [9.17, 15) is 14.4 Å². The molecule has 6 aliphatic rings. The number of hydrogen-bond donors (Lipinski definition) is 0. The number of carbonyl (C=O) groups is 3. The number of allylic oxidation sites excluding steroid dienone is 3. The van der Waals surface area contributed by atoms with Gasteiger partial charge in [0.15, 0.2) is 0 Å². The first-order valence-corrected chi connectivity index (χ1v) is 11.5. The lowest BCUT2D eigenvalue weighted by molar-refractivity contribution is -0.168. The van der Waals surface area contributed by atoms with Crippen LogP contribution in [0.15, 0.2) is 23.3 Å². The van der Waals surface area contributed by atoms with Gasteiger partial charge in [-0.25, -0.2) is 0 Å². The second kappa shape index (κ2) is 5.66. The van der Waals surface area contributed by atoms with Crippen molar-refractivity contribution in [3.8, 4) is 0 Å². The van der Waals surface area contributed by atoms with Crippen LogP contribution in [0.4, 0.5) is 0 Å². The van der Waals surface area contributed by atoms with E-state index in [-0.39, 0.29) is 46.0 Å². The first-order valence-electron chi connectivity index (χ1n) is 11.5. The van der Waals surface area contributed by atoms with Gasteiger partial charge in [-0.1, -0.05) is 37.1 Å². The lowest BCUT2D eigenvalue weighted by Crippen LogP contribution is -2.55. The molecule has 1 spiro atoms. The minimum Gasteiger partial charge on any atom is -0.469 e. The van der Waals surface area contributed by atoms with E-state index in [1.165, 1.54) is 12.7 Å². The summed E-state index contributed by atoms with van der Waals surface area (Å²) in [6.07, 6.45) is 9.62. The fourth-order valence-electron chi connectivity index (χ4n) is 8.50. The van der Waals surface area contributed by atoms with Crippen molar-refractivity contribution in [3.63, 3.8) is 0 Å². The third kappa shape index (κ3) is 2.02. The van der Waals surface area contributed by atoms with E-state index in [4.69, 9.17) is 9.47 Å². The molecule has 1 heterocycles. The summed E-state index contributed by atoms with van der Waals surface area (Å²) in [6.45, 7) is 4.57. The number of ketones is 1. The normalized spacial score (nSPS) is 50.6. The lowest BCUT2D eigenvalue weighted by Gasteiger charge is -2.56.